The van der Waals surface area contributed by atoms with Gasteiger partial charge in [-0.2, -0.15) is 0 Å². The number of aromatic nitrogens is 2. The summed E-state index contributed by atoms with van der Waals surface area (Å²) in [6.45, 7) is 0. The summed E-state index contributed by atoms with van der Waals surface area (Å²) in [4.78, 5) is 10.4. The maximum atomic E-state index is 6.12. The van der Waals surface area contributed by atoms with E-state index in [2.05, 4.69) is 91.0 Å². The average molecular weight is 473 g/mol. The molecular weight excluding hydrogens is 452 g/mol. The highest BCUT2D eigenvalue weighted by atomic mass is 16.3. The summed E-state index contributed by atoms with van der Waals surface area (Å²) < 4.78 is 6.12. The minimum atomic E-state index is 0.883. The first-order valence-corrected chi connectivity index (χ1v) is 12.4. The first kappa shape index (κ1) is 20.2. The highest BCUT2D eigenvalue weighted by Crippen LogP contribution is 2.38. The molecule has 0 saturated carbocycles. The van der Waals surface area contributed by atoms with Gasteiger partial charge in [0.2, 0.25) is 0 Å². The summed E-state index contributed by atoms with van der Waals surface area (Å²) in [5.41, 5.74) is 7.50. The number of fused-ring (bicyclic) bond motifs is 8. The van der Waals surface area contributed by atoms with Crippen LogP contribution in [0, 0.1) is 0 Å². The van der Waals surface area contributed by atoms with Gasteiger partial charge in [0.15, 0.2) is 0 Å². The Morgan fingerprint density at radius 2 is 1.22 bits per heavy atom. The Bertz CT molecular complexity index is 2140. The zero-order valence-electron chi connectivity index (χ0n) is 19.8. The molecule has 0 aliphatic rings. The molecule has 8 aromatic rings. The number of para-hydroxylation sites is 1. The van der Waals surface area contributed by atoms with E-state index >= 15 is 0 Å². The molecule has 172 valence electrons. The molecule has 0 aliphatic heterocycles. The van der Waals surface area contributed by atoms with E-state index in [-0.39, 0.29) is 0 Å². The van der Waals surface area contributed by atoms with E-state index in [9.17, 15) is 0 Å². The number of hydrogen-bond acceptors (Lipinski definition) is 3. The molecule has 0 aliphatic carbocycles. The van der Waals surface area contributed by atoms with Crippen molar-refractivity contribution in [2.75, 3.05) is 0 Å². The van der Waals surface area contributed by atoms with Crippen LogP contribution in [0.4, 0.5) is 0 Å². The van der Waals surface area contributed by atoms with Crippen LogP contribution in [0.25, 0.3) is 77.0 Å². The van der Waals surface area contributed by atoms with Gasteiger partial charge in [0.1, 0.15) is 11.2 Å². The highest BCUT2D eigenvalue weighted by molar-refractivity contribution is 6.19. The van der Waals surface area contributed by atoms with E-state index < -0.39 is 0 Å². The predicted molar refractivity (Wildman–Crippen MR) is 153 cm³/mol. The zero-order chi connectivity index (χ0) is 24.3. The van der Waals surface area contributed by atoms with Gasteiger partial charge in [-0.3, -0.25) is 0 Å². The van der Waals surface area contributed by atoms with Gasteiger partial charge in [-0.25, -0.2) is 9.97 Å². The van der Waals surface area contributed by atoms with E-state index in [1.807, 2.05) is 30.3 Å². The highest BCUT2D eigenvalue weighted by Gasteiger charge is 2.16. The van der Waals surface area contributed by atoms with Crippen molar-refractivity contribution in [3.8, 4) is 22.5 Å². The van der Waals surface area contributed by atoms with Gasteiger partial charge in [-0.05, 0) is 40.4 Å². The average Bonchev–Trinajstić information content (AvgIpc) is 3.36. The number of hydrogen-bond donors (Lipinski definition) is 0. The van der Waals surface area contributed by atoms with Gasteiger partial charge in [-0.1, -0.05) is 97.1 Å². The van der Waals surface area contributed by atoms with Crippen LogP contribution >= 0.6 is 0 Å². The fourth-order valence-electron chi connectivity index (χ4n) is 5.49. The predicted octanol–water partition coefficient (Wildman–Crippen LogP) is 9.17. The minimum Gasteiger partial charge on any atom is -0.456 e. The molecule has 0 unspecified atom stereocenters. The fourth-order valence-corrected chi connectivity index (χ4v) is 5.49. The van der Waals surface area contributed by atoms with Crippen LogP contribution in [-0.2, 0) is 0 Å². The van der Waals surface area contributed by atoms with Gasteiger partial charge in [-0.15, -0.1) is 0 Å². The Kier molecular flexibility index (Phi) is 4.23. The van der Waals surface area contributed by atoms with E-state index in [1.54, 1.807) is 0 Å². The Balaban J connectivity index is 1.43. The van der Waals surface area contributed by atoms with Gasteiger partial charge in [0, 0.05) is 27.3 Å². The number of furan rings is 1. The lowest BCUT2D eigenvalue weighted by molar-refractivity contribution is 0.669. The van der Waals surface area contributed by atoms with E-state index in [0.29, 0.717) is 0 Å². The Hall–Kier alpha value is -5.02. The van der Waals surface area contributed by atoms with Crippen molar-refractivity contribution >= 4 is 54.5 Å². The van der Waals surface area contributed by atoms with Crippen molar-refractivity contribution < 1.29 is 4.42 Å². The SMILES string of the molecule is c1ccc(-c2nc3ccc4ccccc4c3nc2-c2ccc3c(ccc4oc5ccccc5c43)c2)cc1. The van der Waals surface area contributed by atoms with Gasteiger partial charge in [0.25, 0.3) is 0 Å². The first-order chi connectivity index (χ1) is 18.3. The van der Waals surface area contributed by atoms with Crippen molar-refractivity contribution in [2.45, 2.75) is 0 Å². The summed E-state index contributed by atoms with van der Waals surface area (Å²) in [5.74, 6) is 0. The Morgan fingerprint density at radius 3 is 2.14 bits per heavy atom. The first-order valence-electron chi connectivity index (χ1n) is 12.4. The third-order valence-corrected chi connectivity index (χ3v) is 7.24. The van der Waals surface area contributed by atoms with Crippen molar-refractivity contribution in [3.63, 3.8) is 0 Å². The second-order valence-corrected chi connectivity index (χ2v) is 9.41. The van der Waals surface area contributed by atoms with Gasteiger partial charge >= 0.3 is 0 Å². The lowest BCUT2D eigenvalue weighted by Gasteiger charge is -2.13. The monoisotopic (exact) mass is 472 g/mol. The van der Waals surface area contributed by atoms with Crippen molar-refractivity contribution in [2.24, 2.45) is 0 Å². The Morgan fingerprint density at radius 1 is 0.459 bits per heavy atom. The molecule has 0 amide bonds. The summed E-state index contributed by atoms with van der Waals surface area (Å²) in [6, 6.07) is 41.9. The lowest BCUT2D eigenvalue weighted by atomic mass is 9.98. The van der Waals surface area contributed by atoms with Gasteiger partial charge in [0.05, 0.1) is 22.4 Å². The minimum absolute atomic E-state index is 0.883. The molecule has 0 bridgehead atoms. The van der Waals surface area contributed by atoms with E-state index in [0.717, 1.165) is 71.6 Å². The van der Waals surface area contributed by atoms with Crippen LogP contribution in [0.5, 0.6) is 0 Å². The topological polar surface area (TPSA) is 38.9 Å². The molecule has 6 aromatic carbocycles. The summed E-state index contributed by atoms with van der Waals surface area (Å²) >= 11 is 0. The molecule has 0 fully saturated rings. The van der Waals surface area contributed by atoms with Crippen LogP contribution < -0.4 is 0 Å². The fraction of sp³-hybridized carbons (Fsp3) is 0. The third kappa shape index (κ3) is 3.08. The van der Waals surface area contributed by atoms with Crippen LogP contribution in [0.1, 0.15) is 0 Å². The van der Waals surface area contributed by atoms with Crippen molar-refractivity contribution in [3.05, 3.63) is 121 Å². The molecule has 0 saturated heterocycles. The molecule has 0 N–H and O–H groups in total. The molecule has 8 rings (SSSR count). The lowest BCUT2D eigenvalue weighted by Crippen LogP contribution is -1.96. The molecule has 0 atom stereocenters. The molecule has 37 heavy (non-hydrogen) atoms. The number of nitrogens with zero attached hydrogens (tertiary/aromatic N) is 2. The molecule has 0 spiro atoms. The van der Waals surface area contributed by atoms with Crippen molar-refractivity contribution in [1.82, 2.24) is 9.97 Å². The number of benzene rings is 6. The zero-order valence-corrected chi connectivity index (χ0v) is 19.8. The largest absolute Gasteiger partial charge is 0.456 e. The molecule has 2 heterocycles. The van der Waals surface area contributed by atoms with E-state index in [1.165, 1.54) is 5.39 Å². The van der Waals surface area contributed by atoms with Crippen LogP contribution in [0.2, 0.25) is 0 Å². The molecule has 2 aromatic heterocycles. The van der Waals surface area contributed by atoms with Crippen LogP contribution in [0.3, 0.4) is 0 Å². The molecular formula is C34H20N2O. The quantitative estimate of drug-likeness (QED) is 0.235. The van der Waals surface area contributed by atoms with Crippen LogP contribution in [0.15, 0.2) is 126 Å². The van der Waals surface area contributed by atoms with E-state index in [4.69, 9.17) is 14.4 Å². The van der Waals surface area contributed by atoms with Gasteiger partial charge < -0.3 is 4.42 Å². The third-order valence-electron chi connectivity index (χ3n) is 7.24. The molecule has 3 heteroatoms. The number of rotatable bonds is 2. The molecule has 0 radical (unpaired) electrons. The summed E-state index contributed by atoms with van der Waals surface area (Å²) in [7, 11) is 0. The van der Waals surface area contributed by atoms with Crippen molar-refractivity contribution in [1.29, 1.82) is 0 Å². The maximum Gasteiger partial charge on any atom is 0.136 e. The van der Waals surface area contributed by atoms with Crippen LogP contribution in [-0.4, -0.2) is 9.97 Å². The Labute approximate surface area is 212 Å². The summed E-state index contributed by atoms with van der Waals surface area (Å²) in [5, 5.41) is 6.88. The second-order valence-electron chi connectivity index (χ2n) is 9.41. The maximum absolute atomic E-state index is 6.12. The summed E-state index contributed by atoms with van der Waals surface area (Å²) in [6.07, 6.45) is 0. The normalized spacial score (nSPS) is 11.8. The second kappa shape index (κ2) is 7.74. The standard InChI is InChI=1S/C34H20N2O/c1-2-9-22(10-3-1)32-33(36-34-26-11-5-4-8-21(26)15-18-28(34)35-32)24-14-17-25-23(20-24)16-19-30-31(25)27-12-6-7-13-29(27)37-30/h1-20H. The molecule has 3 nitrogen and oxygen atoms in total. The smallest absolute Gasteiger partial charge is 0.136 e.